The van der Waals surface area contributed by atoms with Crippen molar-refractivity contribution in [3.63, 3.8) is 0 Å². The third-order valence-electron chi connectivity index (χ3n) is 7.15. The van der Waals surface area contributed by atoms with Crippen LogP contribution in [0.2, 0.25) is 0 Å². The first-order chi connectivity index (χ1) is 9.14. The van der Waals surface area contributed by atoms with Gasteiger partial charge in [-0.05, 0) is 80.0 Å². The van der Waals surface area contributed by atoms with Crippen LogP contribution in [-0.4, -0.2) is 0 Å². The van der Waals surface area contributed by atoms with E-state index in [0.717, 1.165) is 29.6 Å². The van der Waals surface area contributed by atoms with E-state index in [0.29, 0.717) is 5.41 Å². The average Bonchev–Trinajstić information content (AvgIpc) is 2.85. The monoisotopic (exact) mass is 258 g/mol. The Morgan fingerprint density at radius 3 is 2.74 bits per heavy atom. The van der Waals surface area contributed by atoms with Crippen LogP contribution in [0.25, 0.3) is 0 Å². The van der Waals surface area contributed by atoms with Gasteiger partial charge in [0.2, 0.25) is 0 Å². The molecule has 5 atom stereocenters. The Morgan fingerprint density at radius 1 is 0.947 bits per heavy atom. The normalized spacial score (nSPS) is 47.9. The topological polar surface area (TPSA) is 0 Å². The Labute approximate surface area is 119 Å². The van der Waals surface area contributed by atoms with Crippen molar-refractivity contribution in [2.24, 2.45) is 35.0 Å². The molecule has 4 aliphatic rings. The van der Waals surface area contributed by atoms with Gasteiger partial charge in [0.25, 0.3) is 0 Å². The number of hydrogen-bond donors (Lipinski definition) is 0. The minimum absolute atomic E-state index is 0.583. The van der Waals surface area contributed by atoms with Crippen molar-refractivity contribution >= 4 is 0 Å². The van der Waals surface area contributed by atoms with Gasteiger partial charge in [-0.3, -0.25) is 0 Å². The molecule has 0 heteroatoms. The minimum atomic E-state index is 0.583. The highest BCUT2D eigenvalue weighted by atomic mass is 14.5. The molecule has 0 aromatic rings. The fraction of sp³-hybridized carbons (Fsp3) is 0.895. The summed E-state index contributed by atoms with van der Waals surface area (Å²) in [5, 5.41) is 0. The van der Waals surface area contributed by atoms with Crippen LogP contribution >= 0.6 is 0 Å². The largest absolute Gasteiger partial charge is 0.0847 e. The second kappa shape index (κ2) is 4.37. The maximum atomic E-state index is 2.70. The number of rotatable bonds is 0. The van der Waals surface area contributed by atoms with E-state index in [1.54, 1.807) is 25.7 Å². The quantitative estimate of drug-likeness (QED) is 0.497. The summed E-state index contributed by atoms with van der Waals surface area (Å²) in [5.41, 5.74) is 2.45. The fourth-order valence-corrected chi connectivity index (χ4v) is 6.28. The summed E-state index contributed by atoms with van der Waals surface area (Å²) in [6.45, 7) is 4.95. The van der Waals surface area contributed by atoms with Crippen LogP contribution in [0.3, 0.4) is 0 Å². The van der Waals surface area contributed by atoms with Crippen molar-refractivity contribution in [1.29, 1.82) is 0 Å². The SMILES string of the molecule is CC1(C)CCC2C(=CCC3C4CCCC4CCC23)C1. The van der Waals surface area contributed by atoms with E-state index in [1.165, 1.54) is 32.1 Å². The maximum Gasteiger partial charge on any atom is -0.0172 e. The Bertz CT molecular complexity index is 389. The lowest BCUT2D eigenvalue weighted by Crippen LogP contribution is -2.41. The van der Waals surface area contributed by atoms with Crippen LogP contribution in [0.15, 0.2) is 11.6 Å². The highest BCUT2D eigenvalue weighted by Crippen LogP contribution is 2.57. The summed E-state index contributed by atoms with van der Waals surface area (Å²) in [6.07, 6.45) is 16.3. The van der Waals surface area contributed by atoms with Gasteiger partial charge in [-0.25, -0.2) is 0 Å². The minimum Gasteiger partial charge on any atom is -0.0847 e. The van der Waals surface area contributed by atoms with Crippen LogP contribution in [0.1, 0.15) is 71.6 Å². The van der Waals surface area contributed by atoms with Crippen LogP contribution in [0, 0.1) is 35.0 Å². The molecule has 5 unspecified atom stereocenters. The molecular weight excluding hydrogens is 228 g/mol. The first kappa shape index (κ1) is 12.5. The van der Waals surface area contributed by atoms with Gasteiger partial charge in [0.05, 0.1) is 0 Å². The first-order valence-corrected chi connectivity index (χ1v) is 8.83. The number of allylic oxidation sites excluding steroid dienone is 2. The molecule has 0 spiro atoms. The van der Waals surface area contributed by atoms with Gasteiger partial charge in [0.1, 0.15) is 0 Å². The molecule has 0 aromatic carbocycles. The van der Waals surface area contributed by atoms with Gasteiger partial charge >= 0.3 is 0 Å². The van der Waals surface area contributed by atoms with E-state index in [4.69, 9.17) is 0 Å². The molecule has 0 radical (unpaired) electrons. The molecule has 0 amide bonds. The smallest absolute Gasteiger partial charge is 0.0172 e. The van der Waals surface area contributed by atoms with E-state index in [2.05, 4.69) is 19.9 Å². The van der Waals surface area contributed by atoms with Crippen molar-refractivity contribution in [2.45, 2.75) is 71.6 Å². The fourth-order valence-electron chi connectivity index (χ4n) is 6.28. The first-order valence-electron chi connectivity index (χ1n) is 8.83. The van der Waals surface area contributed by atoms with Gasteiger partial charge in [-0.1, -0.05) is 38.3 Å². The van der Waals surface area contributed by atoms with E-state index < -0.39 is 0 Å². The Morgan fingerprint density at radius 2 is 1.84 bits per heavy atom. The second-order valence-corrected chi connectivity index (χ2v) is 8.76. The zero-order valence-corrected chi connectivity index (χ0v) is 12.8. The Hall–Kier alpha value is -0.260. The van der Waals surface area contributed by atoms with Crippen molar-refractivity contribution in [2.75, 3.05) is 0 Å². The predicted octanol–water partition coefficient (Wildman–Crippen LogP) is 5.59. The third-order valence-corrected chi connectivity index (χ3v) is 7.15. The van der Waals surface area contributed by atoms with Gasteiger partial charge in [-0.15, -0.1) is 0 Å². The molecule has 0 bridgehead atoms. The van der Waals surface area contributed by atoms with Crippen molar-refractivity contribution in [3.05, 3.63) is 11.6 Å². The molecule has 0 saturated heterocycles. The standard InChI is InChI=1S/C19H30/c1-19(2)11-10-16-14(12-19)7-9-17-15-5-3-4-13(15)6-8-18(16)17/h7,13,15-18H,3-6,8-12H2,1-2H3. The maximum absolute atomic E-state index is 2.70. The predicted molar refractivity (Wildman–Crippen MR) is 80.9 cm³/mol. The number of hydrogen-bond acceptors (Lipinski definition) is 0. The zero-order valence-electron chi connectivity index (χ0n) is 12.8. The molecule has 106 valence electrons. The Balaban J connectivity index is 1.59. The lowest BCUT2D eigenvalue weighted by atomic mass is 9.55. The van der Waals surface area contributed by atoms with Gasteiger partial charge in [0.15, 0.2) is 0 Å². The molecule has 3 fully saturated rings. The zero-order chi connectivity index (χ0) is 13.0. The molecule has 0 N–H and O–H groups in total. The third kappa shape index (κ3) is 2.01. The second-order valence-electron chi connectivity index (χ2n) is 8.76. The van der Waals surface area contributed by atoms with Crippen molar-refractivity contribution < 1.29 is 0 Å². The molecule has 0 nitrogen and oxygen atoms in total. The summed E-state index contributed by atoms with van der Waals surface area (Å²) >= 11 is 0. The molecule has 4 aliphatic carbocycles. The summed E-state index contributed by atoms with van der Waals surface area (Å²) in [6, 6.07) is 0. The molecule has 19 heavy (non-hydrogen) atoms. The van der Waals surface area contributed by atoms with E-state index in [-0.39, 0.29) is 0 Å². The summed E-state index contributed by atoms with van der Waals surface area (Å²) in [4.78, 5) is 0. The molecule has 4 rings (SSSR count). The van der Waals surface area contributed by atoms with Crippen molar-refractivity contribution in [1.82, 2.24) is 0 Å². The Kier molecular flexibility index (Phi) is 2.87. The summed E-state index contributed by atoms with van der Waals surface area (Å²) in [7, 11) is 0. The number of fused-ring (bicyclic) bond motifs is 5. The van der Waals surface area contributed by atoms with E-state index in [1.807, 2.05) is 5.57 Å². The summed E-state index contributed by atoms with van der Waals surface area (Å²) in [5.74, 6) is 5.39. The highest BCUT2D eigenvalue weighted by molar-refractivity contribution is 5.19. The lowest BCUT2D eigenvalue weighted by Gasteiger charge is -2.50. The molecule has 0 heterocycles. The molecule has 3 saturated carbocycles. The van der Waals surface area contributed by atoms with E-state index in [9.17, 15) is 0 Å². The van der Waals surface area contributed by atoms with Crippen LogP contribution < -0.4 is 0 Å². The molecule has 0 aromatic heterocycles. The van der Waals surface area contributed by atoms with Crippen LogP contribution in [-0.2, 0) is 0 Å². The molecule has 0 aliphatic heterocycles. The van der Waals surface area contributed by atoms with Gasteiger partial charge in [-0.2, -0.15) is 0 Å². The van der Waals surface area contributed by atoms with Gasteiger partial charge in [0, 0.05) is 0 Å². The highest BCUT2D eigenvalue weighted by Gasteiger charge is 2.47. The van der Waals surface area contributed by atoms with Crippen LogP contribution in [0.5, 0.6) is 0 Å². The van der Waals surface area contributed by atoms with E-state index >= 15 is 0 Å². The van der Waals surface area contributed by atoms with Gasteiger partial charge < -0.3 is 0 Å². The van der Waals surface area contributed by atoms with Crippen molar-refractivity contribution in [3.8, 4) is 0 Å². The van der Waals surface area contributed by atoms with Crippen LogP contribution in [0.4, 0.5) is 0 Å². The lowest BCUT2D eigenvalue weighted by molar-refractivity contribution is 0.0513. The average molecular weight is 258 g/mol. The summed E-state index contributed by atoms with van der Waals surface area (Å²) < 4.78 is 0. The molecular formula is C19H30.